The van der Waals surface area contributed by atoms with Crippen molar-refractivity contribution < 1.29 is 18.3 Å². The van der Waals surface area contributed by atoms with Gasteiger partial charge in [0, 0.05) is 38.0 Å². The lowest BCUT2D eigenvalue weighted by Crippen LogP contribution is -2.50. The number of hydrazone groups is 1. The predicted molar refractivity (Wildman–Crippen MR) is 129 cm³/mol. The van der Waals surface area contributed by atoms with Crippen molar-refractivity contribution in [1.29, 1.82) is 0 Å². The number of rotatable bonds is 9. The fourth-order valence-corrected chi connectivity index (χ4v) is 5.24. The summed E-state index contributed by atoms with van der Waals surface area (Å²) in [6.07, 6.45) is 6.04. The van der Waals surface area contributed by atoms with Crippen LogP contribution in [-0.2, 0) is 13.0 Å². The first kappa shape index (κ1) is 26.6. The maximum absolute atomic E-state index is 13.0. The summed E-state index contributed by atoms with van der Waals surface area (Å²) in [5.41, 5.74) is 9.42. The van der Waals surface area contributed by atoms with Gasteiger partial charge in [0.2, 0.25) is 0 Å². The molecule has 2 heterocycles. The van der Waals surface area contributed by atoms with Gasteiger partial charge in [-0.15, -0.1) is 0 Å². The number of amidine groups is 1. The average molecular weight is 502 g/mol. The molecule has 1 aromatic heterocycles. The molecular formula is C22H37F2N7O2S. The molecule has 3 rings (SSSR count). The van der Waals surface area contributed by atoms with Crippen LogP contribution in [0.2, 0.25) is 0 Å². The van der Waals surface area contributed by atoms with E-state index >= 15 is 0 Å². The lowest BCUT2D eigenvalue weighted by atomic mass is 9.84. The van der Waals surface area contributed by atoms with Crippen molar-refractivity contribution in [2.24, 2.45) is 16.8 Å². The van der Waals surface area contributed by atoms with Crippen LogP contribution in [0, 0.1) is 5.92 Å². The highest BCUT2D eigenvalue weighted by Gasteiger charge is 2.27. The number of alkyl halides is 2. The summed E-state index contributed by atoms with van der Waals surface area (Å²) in [6, 6.07) is -0.487. The Morgan fingerprint density at radius 3 is 2.76 bits per heavy atom. The number of hydrogen-bond donors (Lipinski definition) is 4. The fourth-order valence-electron chi connectivity index (χ4n) is 4.33. The van der Waals surface area contributed by atoms with Gasteiger partial charge in [0.05, 0.1) is 11.7 Å². The van der Waals surface area contributed by atoms with E-state index in [2.05, 4.69) is 31.0 Å². The van der Waals surface area contributed by atoms with Crippen LogP contribution in [0.25, 0.3) is 0 Å². The summed E-state index contributed by atoms with van der Waals surface area (Å²) in [6.45, 7) is 4.65. The molecule has 5 N–H and O–H groups in total. The number of nitrogens with one attached hydrogen (secondary N) is 3. The van der Waals surface area contributed by atoms with E-state index in [9.17, 15) is 13.6 Å². The van der Waals surface area contributed by atoms with Crippen LogP contribution < -0.4 is 26.5 Å². The van der Waals surface area contributed by atoms with Crippen LogP contribution in [0.3, 0.4) is 0 Å². The molecule has 0 spiro atoms. The lowest BCUT2D eigenvalue weighted by molar-refractivity contribution is -0.0230. The second-order valence-corrected chi connectivity index (χ2v) is 10.4. The summed E-state index contributed by atoms with van der Waals surface area (Å²) in [5.74, 6) is -1.82. The van der Waals surface area contributed by atoms with Gasteiger partial charge in [0.25, 0.3) is 11.1 Å². The van der Waals surface area contributed by atoms with E-state index in [1.165, 1.54) is 11.3 Å². The van der Waals surface area contributed by atoms with E-state index in [1.54, 1.807) is 14.0 Å². The van der Waals surface area contributed by atoms with E-state index in [1.807, 2.05) is 0 Å². The van der Waals surface area contributed by atoms with Crippen molar-refractivity contribution in [2.75, 3.05) is 26.7 Å². The Balaban J connectivity index is 1.36. The van der Waals surface area contributed by atoms with Crippen LogP contribution in [0.15, 0.2) is 5.10 Å². The first-order valence-electron chi connectivity index (χ1n) is 11.9. The highest BCUT2D eigenvalue weighted by Crippen LogP contribution is 2.32. The molecule has 1 saturated carbocycles. The van der Waals surface area contributed by atoms with Gasteiger partial charge in [-0.3, -0.25) is 10.2 Å². The molecule has 9 nitrogen and oxygen atoms in total. The standard InChI is InChI=1S/C22H37F2N7O2S/c1-14(25)19(30-26-3)29-20(32)27-16-6-4-15(5-7-16)8-10-31-11-9-18-17(12-31)28-21(34-18)33-13-22(2,23)24/h14-16,26H,4-13,25H2,1-3H3,(H2,27,29,30,32). The monoisotopic (exact) mass is 501 g/mol. The molecule has 12 heteroatoms. The van der Waals surface area contributed by atoms with Crippen molar-refractivity contribution in [3.05, 3.63) is 10.6 Å². The number of halogens is 2. The van der Waals surface area contributed by atoms with Crippen LogP contribution in [0.4, 0.5) is 13.6 Å². The number of fused-ring (bicyclic) bond motifs is 1. The SMILES string of the molecule is CN/N=C(/NC(=O)NC1CCC(CCN2CCc3sc(OCC(C)(F)F)nc3C2)CC1)C(C)N. The smallest absolute Gasteiger partial charge is 0.320 e. The number of urea groups is 1. The Morgan fingerprint density at radius 2 is 2.12 bits per heavy atom. The molecule has 0 aromatic carbocycles. The van der Waals surface area contributed by atoms with Crippen LogP contribution in [-0.4, -0.2) is 66.5 Å². The Bertz CT molecular complexity index is 836. The zero-order chi connectivity index (χ0) is 24.7. The van der Waals surface area contributed by atoms with Crippen LogP contribution in [0.1, 0.15) is 56.5 Å². The first-order chi connectivity index (χ1) is 16.1. The van der Waals surface area contributed by atoms with E-state index in [4.69, 9.17) is 10.5 Å². The fraction of sp³-hybridized carbons (Fsp3) is 0.773. The first-order valence-corrected chi connectivity index (χ1v) is 12.7. The molecule has 0 saturated heterocycles. The molecule has 192 valence electrons. The van der Waals surface area contributed by atoms with Crippen molar-refractivity contribution in [3.8, 4) is 5.19 Å². The molecule has 2 amide bonds. The summed E-state index contributed by atoms with van der Waals surface area (Å²) >= 11 is 1.39. The molecule has 1 aliphatic heterocycles. The largest absolute Gasteiger partial charge is 0.464 e. The molecule has 1 aromatic rings. The predicted octanol–water partition coefficient (Wildman–Crippen LogP) is 2.66. The van der Waals surface area contributed by atoms with Gasteiger partial charge in [0.1, 0.15) is 5.84 Å². The second kappa shape index (κ2) is 12.1. The molecule has 34 heavy (non-hydrogen) atoms. The maximum Gasteiger partial charge on any atom is 0.320 e. The van der Waals surface area contributed by atoms with E-state index in [0.29, 0.717) is 16.9 Å². The number of thiazole rings is 1. The van der Waals surface area contributed by atoms with Crippen LogP contribution >= 0.6 is 11.3 Å². The molecule has 1 fully saturated rings. The maximum atomic E-state index is 13.0. The number of hydrogen-bond acceptors (Lipinski definition) is 8. The summed E-state index contributed by atoms with van der Waals surface area (Å²) in [4.78, 5) is 20.2. The van der Waals surface area contributed by atoms with Gasteiger partial charge in [-0.1, -0.05) is 11.3 Å². The van der Waals surface area contributed by atoms with Crippen molar-refractivity contribution in [1.82, 2.24) is 25.9 Å². The van der Waals surface area contributed by atoms with Crippen molar-refractivity contribution in [2.45, 2.75) is 76.9 Å². The minimum absolute atomic E-state index is 0.154. The number of ether oxygens (including phenoxy) is 1. The van der Waals surface area contributed by atoms with Gasteiger partial charge in [-0.25, -0.2) is 18.6 Å². The summed E-state index contributed by atoms with van der Waals surface area (Å²) in [5, 5.41) is 10.1. The molecular weight excluding hydrogens is 464 g/mol. The molecule has 0 radical (unpaired) electrons. The Kier molecular flexibility index (Phi) is 9.43. The molecule has 2 aliphatic rings. The quantitative estimate of drug-likeness (QED) is 0.235. The number of nitrogens with zero attached hydrogens (tertiary/aromatic N) is 3. The van der Waals surface area contributed by atoms with E-state index in [0.717, 1.165) is 75.7 Å². The van der Waals surface area contributed by atoms with E-state index in [-0.39, 0.29) is 18.1 Å². The third-order valence-electron chi connectivity index (χ3n) is 6.18. The highest BCUT2D eigenvalue weighted by molar-refractivity contribution is 7.13. The third kappa shape index (κ3) is 8.31. The Morgan fingerprint density at radius 1 is 1.38 bits per heavy atom. The summed E-state index contributed by atoms with van der Waals surface area (Å²) < 4.78 is 31.2. The topological polar surface area (TPSA) is 117 Å². The number of aromatic nitrogens is 1. The normalized spacial score (nSPS) is 22.6. The number of carbonyl (C=O) groups excluding carboxylic acids is 1. The zero-order valence-corrected chi connectivity index (χ0v) is 21.0. The Labute approximate surface area is 203 Å². The molecule has 1 aliphatic carbocycles. The number of nitrogens with two attached hydrogens (primary N) is 1. The number of carbonyl (C=O) groups is 1. The van der Waals surface area contributed by atoms with Gasteiger partial charge in [0.15, 0.2) is 6.61 Å². The second-order valence-electron chi connectivity index (χ2n) is 9.35. The number of amides is 2. The van der Waals surface area contributed by atoms with Gasteiger partial charge in [-0.05, 0) is 57.9 Å². The van der Waals surface area contributed by atoms with Gasteiger partial charge >= 0.3 is 6.03 Å². The molecule has 0 bridgehead atoms. The third-order valence-corrected chi connectivity index (χ3v) is 7.25. The molecule has 1 unspecified atom stereocenters. The lowest BCUT2D eigenvalue weighted by Gasteiger charge is -2.32. The van der Waals surface area contributed by atoms with Crippen molar-refractivity contribution in [3.63, 3.8) is 0 Å². The van der Waals surface area contributed by atoms with Crippen molar-refractivity contribution >= 4 is 23.2 Å². The summed E-state index contributed by atoms with van der Waals surface area (Å²) in [7, 11) is 1.66. The Hall–Kier alpha value is -2.05. The molecule has 1 atom stereocenters. The van der Waals surface area contributed by atoms with Crippen LogP contribution in [0.5, 0.6) is 5.19 Å². The average Bonchev–Trinajstić information content (AvgIpc) is 3.19. The van der Waals surface area contributed by atoms with E-state index < -0.39 is 12.5 Å². The zero-order valence-electron chi connectivity index (χ0n) is 20.2. The minimum Gasteiger partial charge on any atom is -0.464 e. The highest BCUT2D eigenvalue weighted by atomic mass is 32.1. The van der Waals surface area contributed by atoms with Gasteiger partial charge in [-0.2, -0.15) is 5.10 Å². The van der Waals surface area contributed by atoms with Gasteiger partial charge < -0.3 is 21.2 Å². The minimum atomic E-state index is -2.86.